The fourth-order valence-electron chi connectivity index (χ4n) is 3.13. The number of hydrazone groups is 1. The second-order valence-electron chi connectivity index (χ2n) is 7.61. The van der Waals surface area contributed by atoms with E-state index in [-0.39, 0.29) is 18.1 Å². The molecule has 1 N–H and O–H groups in total. The van der Waals surface area contributed by atoms with Crippen molar-refractivity contribution in [2.75, 3.05) is 23.7 Å². The van der Waals surface area contributed by atoms with E-state index in [4.69, 9.17) is 9.15 Å². The van der Waals surface area contributed by atoms with Gasteiger partial charge in [-0.05, 0) is 49.4 Å². The predicted octanol–water partition coefficient (Wildman–Crippen LogP) is 4.06. The number of hydrogen-bond donors (Lipinski definition) is 1. The zero-order chi connectivity index (χ0) is 27.2. The molecule has 0 saturated heterocycles. The number of hydrogen-bond acceptors (Lipinski definition) is 7. The Balaban J connectivity index is 1.65. The van der Waals surface area contributed by atoms with Crippen LogP contribution in [0.25, 0.3) is 11.3 Å². The van der Waals surface area contributed by atoms with Crippen molar-refractivity contribution in [3.63, 3.8) is 0 Å². The normalized spacial score (nSPS) is 11.9. The maximum absolute atomic E-state index is 13.0. The smallest absolute Gasteiger partial charge is 0.416 e. The summed E-state index contributed by atoms with van der Waals surface area (Å²) in [6.07, 6.45) is -2.74. The van der Waals surface area contributed by atoms with Crippen LogP contribution in [0.3, 0.4) is 0 Å². The zero-order valence-corrected chi connectivity index (χ0v) is 20.5. The number of esters is 1. The number of carbonyl (C=O) groups excluding carboxylic acids is 2. The molecule has 0 atom stereocenters. The highest BCUT2D eigenvalue weighted by Gasteiger charge is 2.32. The highest BCUT2D eigenvalue weighted by molar-refractivity contribution is 7.92. The number of rotatable bonds is 9. The molecule has 0 bridgehead atoms. The van der Waals surface area contributed by atoms with Gasteiger partial charge in [-0.3, -0.25) is 9.10 Å². The third-order valence-corrected chi connectivity index (χ3v) is 5.98. The minimum atomic E-state index is -4.68. The zero-order valence-electron chi connectivity index (χ0n) is 19.7. The van der Waals surface area contributed by atoms with Crippen LogP contribution in [0.5, 0.6) is 0 Å². The molecule has 3 aromatic rings. The molecule has 196 valence electrons. The van der Waals surface area contributed by atoms with Gasteiger partial charge in [-0.2, -0.15) is 18.3 Å². The van der Waals surface area contributed by atoms with Crippen LogP contribution in [0.15, 0.2) is 70.2 Å². The standard InChI is InChI=1S/C24H22F3N3O6S/c1-3-35-23(32)17-9-7-16(8-10-17)21-12-11-20(36-21)14-28-29-22(31)15-30(37(2,33)34)19-6-4-5-18(13-19)24(25,26)27/h4-14H,3,15H2,1-2H3,(H,29,31)/b28-14-. The summed E-state index contributed by atoms with van der Waals surface area (Å²) in [6, 6.07) is 13.3. The number of benzene rings is 2. The third kappa shape index (κ3) is 7.43. The summed E-state index contributed by atoms with van der Waals surface area (Å²) in [6.45, 7) is 1.17. The molecule has 3 rings (SSSR count). The molecule has 0 fully saturated rings. The van der Waals surface area contributed by atoms with E-state index in [0.29, 0.717) is 27.3 Å². The van der Waals surface area contributed by atoms with E-state index in [0.717, 1.165) is 24.5 Å². The summed E-state index contributed by atoms with van der Waals surface area (Å²) in [5, 5.41) is 3.71. The molecule has 0 spiro atoms. The maximum atomic E-state index is 13.0. The molecule has 37 heavy (non-hydrogen) atoms. The van der Waals surface area contributed by atoms with E-state index in [1.807, 2.05) is 0 Å². The molecule has 0 aliphatic heterocycles. The Kier molecular flexibility index (Phi) is 8.38. The van der Waals surface area contributed by atoms with Gasteiger partial charge < -0.3 is 9.15 Å². The fourth-order valence-corrected chi connectivity index (χ4v) is 3.98. The third-order valence-electron chi connectivity index (χ3n) is 4.84. The van der Waals surface area contributed by atoms with Crippen LogP contribution in [0, 0.1) is 0 Å². The van der Waals surface area contributed by atoms with E-state index in [9.17, 15) is 31.2 Å². The molecule has 13 heteroatoms. The minimum Gasteiger partial charge on any atom is -0.462 e. The molecule has 9 nitrogen and oxygen atoms in total. The Morgan fingerprint density at radius 2 is 1.81 bits per heavy atom. The van der Waals surface area contributed by atoms with Gasteiger partial charge in [0, 0.05) is 5.56 Å². The number of carbonyl (C=O) groups is 2. The van der Waals surface area contributed by atoms with Crippen LogP contribution in [-0.2, 0) is 25.7 Å². The van der Waals surface area contributed by atoms with Crippen LogP contribution in [0.1, 0.15) is 28.6 Å². The quantitative estimate of drug-likeness (QED) is 0.250. The molecule has 0 aliphatic rings. The van der Waals surface area contributed by atoms with E-state index < -0.39 is 40.2 Å². The molecular weight excluding hydrogens is 515 g/mol. The number of halogens is 3. The van der Waals surface area contributed by atoms with Crippen LogP contribution in [0.4, 0.5) is 18.9 Å². The van der Waals surface area contributed by atoms with Crippen molar-refractivity contribution in [3.8, 4) is 11.3 Å². The van der Waals surface area contributed by atoms with Crippen LogP contribution >= 0.6 is 0 Å². The lowest BCUT2D eigenvalue weighted by Gasteiger charge is -2.22. The second kappa shape index (κ2) is 11.3. The molecule has 0 radical (unpaired) electrons. The molecule has 1 heterocycles. The fraction of sp³-hybridized carbons (Fsp3) is 0.208. The van der Waals surface area contributed by atoms with Crippen molar-refractivity contribution < 1.29 is 40.3 Å². The van der Waals surface area contributed by atoms with Gasteiger partial charge in [0.25, 0.3) is 5.91 Å². The topological polar surface area (TPSA) is 118 Å². The van der Waals surface area contributed by atoms with Crippen LogP contribution in [0.2, 0.25) is 0 Å². The second-order valence-corrected chi connectivity index (χ2v) is 9.52. The molecule has 0 saturated carbocycles. The first-order chi connectivity index (χ1) is 17.4. The van der Waals surface area contributed by atoms with Gasteiger partial charge in [0.05, 0.1) is 35.9 Å². The van der Waals surface area contributed by atoms with Crippen molar-refractivity contribution in [2.24, 2.45) is 5.10 Å². The van der Waals surface area contributed by atoms with Crippen LogP contribution < -0.4 is 9.73 Å². The van der Waals surface area contributed by atoms with Gasteiger partial charge in [0.2, 0.25) is 10.0 Å². The van der Waals surface area contributed by atoms with Gasteiger partial charge in [-0.15, -0.1) is 0 Å². The van der Waals surface area contributed by atoms with Gasteiger partial charge in [0.1, 0.15) is 18.1 Å². The summed E-state index contributed by atoms with van der Waals surface area (Å²) in [5.74, 6) is -0.626. The lowest BCUT2D eigenvalue weighted by molar-refractivity contribution is -0.137. The lowest BCUT2D eigenvalue weighted by Crippen LogP contribution is -2.39. The van der Waals surface area contributed by atoms with E-state index in [2.05, 4.69) is 10.5 Å². The van der Waals surface area contributed by atoms with Crippen molar-refractivity contribution in [1.29, 1.82) is 0 Å². The first-order valence-electron chi connectivity index (χ1n) is 10.7. The Bertz CT molecular complexity index is 1400. The number of sulfonamides is 1. The molecule has 0 aliphatic carbocycles. The van der Waals surface area contributed by atoms with Crippen molar-refractivity contribution >= 4 is 33.8 Å². The molecule has 1 aromatic heterocycles. The van der Waals surface area contributed by atoms with Crippen molar-refractivity contribution in [1.82, 2.24) is 5.43 Å². The highest BCUT2D eigenvalue weighted by atomic mass is 32.2. The minimum absolute atomic E-state index is 0.252. The van der Waals surface area contributed by atoms with Crippen molar-refractivity contribution in [3.05, 3.63) is 77.6 Å². The number of nitrogens with one attached hydrogen (secondary N) is 1. The monoisotopic (exact) mass is 537 g/mol. The van der Waals surface area contributed by atoms with E-state index in [1.54, 1.807) is 43.3 Å². The number of ether oxygens (including phenoxy) is 1. The average Bonchev–Trinajstić information content (AvgIpc) is 3.30. The summed E-state index contributed by atoms with van der Waals surface area (Å²) in [7, 11) is -4.09. The number of anilines is 1. The number of alkyl halides is 3. The first-order valence-corrected chi connectivity index (χ1v) is 12.6. The largest absolute Gasteiger partial charge is 0.462 e. The molecular formula is C24H22F3N3O6S. The molecule has 2 aromatic carbocycles. The average molecular weight is 538 g/mol. The Labute approximate surface area is 210 Å². The molecule has 0 unspecified atom stereocenters. The predicted molar refractivity (Wildman–Crippen MR) is 129 cm³/mol. The maximum Gasteiger partial charge on any atom is 0.416 e. The lowest BCUT2D eigenvalue weighted by atomic mass is 10.1. The van der Waals surface area contributed by atoms with Crippen molar-refractivity contribution in [2.45, 2.75) is 13.1 Å². The summed E-state index contributed by atoms with van der Waals surface area (Å²) in [4.78, 5) is 24.0. The first kappa shape index (κ1) is 27.5. The number of amides is 1. The van der Waals surface area contributed by atoms with Gasteiger partial charge in [0.15, 0.2) is 0 Å². The Morgan fingerprint density at radius 3 is 2.43 bits per heavy atom. The van der Waals surface area contributed by atoms with Gasteiger partial charge >= 0.3 is 12.1 Å². The Morgan fingerprint density at radius 1 is 1.11 bits per heavy atom. The van der Waals surface area contributed by atoms with Crippen LogP contribution in [-0.4, -0.2) is 45.9 Å². The number of nitrogens with zero attached hydrogens (tertiary/aromatic N) is 2. The van der Waals surface area contributed by atoms with E-state index >= 15 is 0 Å². The summed E-state index contributed by atoms with van der Waals surface area (Å²) in [5.41, 5.74) is 1.80. The van der Waals surface area contributed by atoms with E-state index in [1.165, 1.54) is 6.21 Å². The molecule has 1 amide bonds. The number of furan rings is 1. The Hall–Kier alpha value is -4.13. The van der Waals surface area contributed by atoms with Gasteiger partial charge in [-0.1, -0.05) is 18.2 Å². The SMILES string of the molecule is CCOC(=O)c1ccc(-c2ccc(/C=N\NC(=O)CN(c3cccc(C(F)(F)F)c3)S(C)(=O)=O)o2)cc1. The summed E-state index contributed by atoms with van der Waals surface area (Å²) >= 11 is 0. The highest BCUT2D eigenvalue weighted by Crippen LogP contribution is 2.32. The van der Waals surface area contributed by atoms with Gasteiger partial charge in [-0.25, -0.2) is 18.6 Å². The summed E-state index contributed by atoms with van der Waals surface area (Å²) < 4.78 is 74.4.